The van der Waals surface area contributed by atoms with E-state index in [0.29, 0.717) is 23.7 Å². The fourth-order valence-electron chi connectivity index (χ4n) is 9.07. The van der Waals surface area contributed by atoms with E-state index in [1.807, 2.05) is 0 Å². The zero-order valence-electron chi connectivity index (χ0n) is 19.3. The van der Waals surface area contributed by atoms with Gasteiger partial charge in [-0.1, -0.05) is 40.2 Å². The Morgan fingerprint density at radius 2 is 1.90 bits per heavy atom. The maximum absolute atomic E-state index is 11.7. The number of nitrogens with one attached hydrogen (secondary N) is 1. The second kappa shape index (κ2) is 5.84. The molecule has 6 aliphatic rings. The van der Waals surface area contributed by atoms with E-state index in [1.165, 1.54) is 36.1 Å². The Labute approximate surface area is 181 Å². The Morgan fingerprint density at radius 1 is 1.10 bits per heavy atom. The van der Waals surface area contributed by atoms with Gasteiger partial charge < -0.3 is 10.4 Å². The molecule has 2 nitrogen and oxygen atoms in total. The van der Waals surface area contributed by atoms with Crippen LogP contribution in [0.4, 0.5) is 0 Å². The van der Waals surface area contributed by atoms with Gasteiger partial charge in [0.1, 0.15) is 0 Å². The van der Waals surface area contributed by atoms with Crippen molar-refractivity contribution in [2.75, 3.05) is 0 Å². The highest BCUT2D eigenvalue weighted by atomic mass is 16.3. The van der Waals surface area contributed by atoms with Gasteiger partial charge in [-0.2, -0.15) is 0 Å². The van der Waals surface area contributed by atoms with Crippen LogP contribution in [0.1, 0.15) is 73.1 Å². The molecule has 1 spiro atoms. The second-order valence-corrected chi connectivity index (χ2v) is 12.0. The largest absolute Gasteiger partial charge is 0.393 e. The van der Waals surface area contributed by atoms with E-state index < -0.39 is 0 Å². The van der Waals surface area contributed by atoms with Gasteiger partial charge in [-0.3, -0.25) is 0 Å². The third-order valence-electron chi connectivity index (χ3n) is 10.8. The molecule has 0 amide bonds. The van der Waals surface area contributed by atoms with E-state index in [4.69, 9.17) is 0 Å². The third kappa shape index (κ3) is 1.97. The molecule has 160 valence electrons. The molecule has 5 aliphatic carbocycles. The van der Waals surface area contributed by atoms with Crippen LogP contribution in [-0.4, -0.2) is 11.2 Å². The van der Waals surface area contributed by atoms with Crippen molar-refractivity contribution in [3.63, 3.8) is 0 Å². The van der Waals surface area contributed by atoms with Crippen LogP contribution in [0.2, 0.25) is 0 Å². The van der Waals surface area contributed by atoms with Crippen molar-refractivity contribution in [2.24, 2.45) is 39.9 Å². The summed E-state index contributed by atoms with van der Waals surface area (Å²) < 4.78 is 0. The first-order chi connectivity index (χ1) is 14.2. The van der Waals surface area contributed by atoms with Crippen LogP contribution in [0.25, 0.3) is 0 Å². The van der Waals surface area contributed by atoms with E-state index in [1.54, 1.807) is 11.1 Å². The van der Waals surface area contributed by atoms with E-state index in [-0.39, 0.29) is 22.3 Å². The molecule has 1 aliphatic heterocycles. The molecule has 0 bridgehead atoms. The fourth-order valence-corrected chi connectivity index (χ4v) is 9.07. The summed E-state index contributed by atoms with van der Waals surface area (Å²) in [6.07, 6.45) is 13.4. The number of aliphatic hydroxyl groups excluding tert-OH is 1. The summed E-state index contributed by atoms with van der Waals surface area (Å²) in [6, 6.07) is 0. The van der Waals surface area contributed by atoms with Crippen molar-refractivity contribution in [1.29, 1.82) is 0 Å². The highest BCUT2D eigenvalue weighted by molar-refractivity contribution is 5.61. The molecule has 2 N–H and O–H groups in total. The summed E-state index contributed by atoms with van der Waals surface area (Å²) in [7, 11) is 0. The van der Waals surface area contributed by atoms with Gasteiger partial charge in [0, 0.05) is 22.7 Å². The second-order valence-electron chi connectivity index (χ2n) is 12.0. The van der Waals surface area contributed by atoms with Gasteiger partial charge in [-0.25, -0.2) is 0 Å². The van der Waals surface area contributed by atoms with Crippen LogP contribution in [0.15, 0.2) is 52.1 Å². The number of rotatable bonds is 0. The molecule has 0 aromatic carbocycles. The topological polar surface area (TPSA) is 32.3 Å². The predicted molar refractivity (Wildman–Crippen MR) is 121 cm³/mol. The summed E-state index contributed by atoms with van der Waals surface area (Å²) in [4.78, 5) is 0. The average Bonchev–Trinajstić information content (AvgIpc) is 3.16. The minimum atomic E-state index is -0.170. The van der Waals surface area contributed by atoms with Gasteiger partial charge in [0.15, 0.2) is 0 Å². The molecule has 0 aromatic rings. The molecule has 1 heterocycles. The van der Waals surface area contributed by atoms with Crippen molar-refractivity contribution >= 4 is 0 Å². The standard InChI is InChI=1S/C28H37NO/c1-16-11-13-27(5)17(2)9-10-22(30)28(27)14-12-20-24(25(16)28)18-15-29-21-8-6-7-19(23(18)21)26(20,3)4/h6,8,15-17,22-23,25,29-30H,9-14H2,1-5H3/t16-,17-,22+,23?,25+,27+,28+/m0/s1. The first kappa shape index (κ1) is 19.2. The Kier molecular flexibility index (Phi) is 3.74. The smallest absolute Gasteiger partial charge is 0.0607 e. The number of hydrogen-bond donors (Lipinski definition) is 2. The summed E-state index contributed by atoms with van der Waals surface area (Å²) in [6.45, 7) is 12.4. The van der Waals surface area contributed by atoms with Crippen LogP contribution >= 0.6 is 0 Å². The summed E-state index contributed by atoms with van der Waals surface area (Å²) in [5.41, 5.74) is 11.5. The first-order valence-corrected chi connectivity index (χ1v) is 12.3. The van der Waals surface area contributed by atoms with E-state index in [0.717, 1.165) is 19.3 Å². The van der Waals surface area contributed by atoms with Gasteiger partial charge >= 0.3 is 0 Å². The highest BCUT2D eigenvalue weighted by Crippen LogP contribution is 2.73. The Hall–Kier alpha value is -1.50. The Balaban J connectivity index is 1.62. The van der Waals surface area contributed by atoms with Gasteiger partial charge in [0.2, 0.25) is 0 Å². The monoisotopic (exact) mass is 403 g/mol. The van der Waals surface area contributed by atoms with Crippen LogP contribution in [0.5, 0.6) is 0 Å². The molecule has 2 fully saturated rings. The molecule has 0 aromatic heterocycles. The summed E-state index contributed by atoms with van der Waals surface area (Å²) in [5, 5.41) is 15.3. The van der Waals surface area contributed by atoms with Crippen LogP contribution in [-0.2, 0) is 0 Å². The van der Waals surface area contributed by atoms with Gasteiger partial charge in [0.25, 0.3) is 0 Å². The van der Waals surface area contributed by atoms with Crippen LogP contribution < -0.4 is 5.32 Å². The maximum Gasteiger partial charge on any atom is 0.0607 e. The fraction of sp³-hybridized carbons (Fsp3) is 0.679. The van der Waals surface area contributed by atoms with Crippen molar-refractivity contribution < 1.29 is 5.11 Å². The van der Waals surface area contributed by atoms with Crippen LogP contribution in [0, 0.1) is 39.9 Å². The SMILES string of the molecule is C[C@H]1CC[C@]2(C)[C@@H](C)CC[C@@H](O)[C@@]23CCC2=C(C4=CNC5=CC=C=C(C54)C2(C)C)[C@@H]13. The molecule has 6 rings (SSSR count). The maximum atomic E-state index is 11.7. The minimum absolute atomic E-state index is 0.0241. The molecular formula is C28H37NO. The zero-order valence-corrected chi connectivity index (χ0v) is 19.3. The number of hydrogen-bond acceptors (Lipinski definition) is 2. The molecule has 0 saturated heterocycles. The minimum Gasteiger partial charge on any atom is -0.393 e. The van der Waals surface area contributed by atoms with E-state index >= 15 is 0 Å². The summed E-state index contributed by atoms with van der Waals surface area (Å²) in [5.74, 6) is 2.13. The molecule has 1 unspecified atom stereocenters. The lowest BCUT2D eigenvalue weighted by atomic mass is 9.36. The lowest BCUT2D eigenvalue weighted by molar-refractivity contribution is -0.201. The molecule has 2 heteroatoms. The normalized spacial score (nSPS) is 47.8. The lowest BCUT2D eigenvalue weighted by Crippen LogP contribution is -2.64. The third-order valence-corrected chi connectivity index (χ3v) is 10.8. The van der Waals surface area contributed by atoms with Gasteiger partial charge in [-0.05, 0) is 90.6 Å². The van der Waals surface area contributed by atoms with Gasteiger partial charge in [-0.15, -0.1) is 5.73 Å². The van der Waals surface area contributed by atoms with Crippen molar-refractivity contribution in [3.05, 3.63) is 52.1 Å². The Bertz CT molecular complexity index is 986. The van der Waals surface area contributed by atoms with Crippen molar-refractivity contribution in [2.45, 2.75) is 79.2 Å². The molecular weight excluding hydrogens is 366 g/mol. The zero-order chi connectivity index (χ0) is 21.1. The van der Waals surface area contributed by atoms with Crippen molar-refractivity contribution in [1.82, 2.24) is 5.32 Å². The molecule has 30 heavy (non-hydrogen) atoms. The van der Waals surface area contributed by atoms with Gasteiger partial charge in [0.05, 0.1) is 12.0 Å². The van der Waals surface area contributed by atoms with Crippen molar-refractivity contribution in [3.8, 4) is 0 Å². The van der Waals surface area contributed by atoms with E-state index in [9.17, 15) is 5.11 Å². The predicted octanol–water partition coefficient (Wildman–Crippen LogP) is 6.03. The first-order valence-electron chi connectivity index (χ1n) is 12.3. The molecule has 2 saturated carbocycles. The number of fused-ring (bicyclic) bond motifs is 2. The quantitative estimate of drug-likeness (QED) is 0.484. The lowest BCUT2D eigenvalue weighted by Gasteiger charge is -2.68. The number of allylic oxidation sites excluding steroid dienone is 4. The number of aliphatic hydroxyl groups is 1. The Morgan fingerprint density at radius 3 is 2.70 bits per heavy atom. The highest BCUT2D eigenvalue weighted by Gasteiger charge is 2.67. The molecule has 7 atom stereocenters. The van der Waals surface area contributed by atoms with Crippen LogP contribution in [0.3, 0.4) is 0 Å². The molecule has 0 radical (unpaired) electrons. The average molecular weight is 404 g/mol. The van der Waals surface area contributed by atoms with E-state index in [2.05, 4.69) is 64.0 Å². The summed E-state index contributed by atoms with van der Waals surface area (Å²) >= 11 is 0.